The van der Waals surface area contributed by atoms with Crippen LogP contribution in [0.15, 0.2) is 0 Å². The van der Waals surface area contributed by atoms with Crippen molar-refractivity contribution in [3.63, 3.8) is 0 Å². The number of hydrazine groups is 1. The number of aliphatic hydroxyl groups is 1. The first-order valence-corrected chi connectivity index (χ1v) is 3.97. The maximum atomic E-state index is 11.9. The van der Waals surface area contributed by atoms with Gasteiger partial charge in [-0.15, -0.1) is 0 Å². The van der Waals surface area contributed by atoms with E-state index in [2.05, 4.69) is 0 Å². The van der Waals surface area contributed by atoms with Crippen LogP contribution >= 0.6 is 0 Å². The summed E-state index contributed by atoms with van der Waals surface area (Å²) in [4.78, 5) is 0. The van der Waals surface area contributed by atoms with Crippen molar-refractivity contribution >= 4 is 0 Å². The molecule has 4 heteroatoms. The highest BCUT2D eigenvalue weighted by Gasteiger charge is 2.25. The lowest BCUT2D eigenvalue weighted by Crippen LogP contribution is -2.46. The second-order valence-electron chi connectivity index (χ2n) is 3.09. The summed E-state index contributed by atoms with van der Waals surface area (Å²) in [6.07, 6.45) is 0.737. The molecule has 1 aliphatic heterocycles. The number of piperidine rings is 1. The lowest BCUT2D eigenvalue weighted by Gasteiger charge is -2.32. The number of nitrogens with zero attached hydrogens (tertiary/aromatic N) is 1. The van der Waals surface area contributed by atoms with E-state index in [1.165, 1.54) is 0 Å². The van der Waals surface area contributed by atoms with Gasteiger partial charge in [0.2, 0.25) is 0 Å². The summed E-state index contributed by atoms with van der Waals surface area (Å²) in [5.41, 5.74) is 0. The smallest absolute Gasteiger partial charge is 0.0898 e. The molecule has 0 aliphatic carbocycles. The number of nitrogens with two attached hydrogens (primary N) is 1. The minimum Gasteiger partial charge on any atom is -0.393 e. The Labute approximate surface area is 66.0 Å². The summed E-state index contributed by atoms with van der Waals surface area (Å²) in [5.74, 6) is 5.54. The summed E-state index contributed by atoms with van der Waals surface area (Å²) in [5, 5.41) is 11.0. The van der Waals surface area contributed by atoms with Crippen LogP contribution in [0.5, 0.6) is 0 Å². The van der Waals surface area contributed by atoms with Crippen molar-refractivity contribution in [1.82, 2.24) is 5.01 Å². The zero-order chi connectivity index (χ0) is 8.27. The van der Waals surface area contributed by atoms with Gasteiger partial charge in [-0.25, -0.2) is 5.01 Å². The van der Waals surface area contributed by atoms with Crippen molar-refractivity contribution in [3.05, 3.63) is 0 Å². The molecule has 11 heavy (non-hydrogen) atoms. The third kappa shape index (κ3) is 2.39. The van der Waals surface area contributed by atoms with E-state index >= 15 is 0 Å². The van der Waals surface area contributed by atoms with Crippen LogP contribution in [0.2, 0.25) is 0 Å². The highest BCUT2D eigenvalue weighted by Crippen LogP contribution is 2.18. The van der Waals surface area contributed by atoms with Gasteiger partial charge in [-0.2, -0.15) is 0 Å². The van der Waals surface area contributed by atoms with E-state index in [1.54, 1.807) is 5.01 Å². The average Bonchev–Trinajstić information content (AvgIpc) is 1.98. The van der Waals surface area contributed by atoms with Gasteiger partial charge in [-0.3, -0.25) is 10.2 Å². The molecule has 0 aromatic rings. The van der Waals surface area contributed by atoms with E-state index in [0.29, 0.717) is 25.9 Å². The van der Waals surface area contributed by atoms with E-state index in [4.69, 9.17) is 5.84 Å². The fourth-order valence-electron chi connectivity index (χ4n) is 1.47. The number of aliphatic hydroxyl groups excluding tert-OH is 1. The average molecular weight is 162 g/mol. The van der Waals surface area contributed by atoms with E-state index in [0.717, 1.165) is 0 Å². The van der Waals surface area contributed by atoms with Crippen LogP contribution in [0.4, 0.5) is 4.39 Å². The molecular weight excluding hydrogens is 147 g/mol. The first-order valence-electron chi connectivity index (χ1n) is 3.97. The summed E-state index contributed by atoms with van der Waals surface area (Å²) in [6.45, 7) is 0.963. The van der Waals surface area contributed by atoms with Gasteiger partial charge in [0.05, 0.1) is 12.8 Å². The van der Waals surface area contributed by atoms with Crippen molar-refractivity contribution < 1.29 is 9.50 Å². The van der Waals surface area contributed by atoms with Gasteiger partial charge in [0, 0.05) is 19.0 Å². The highest BCUT2D eigenvalue weighted by molar-refractivity contribution is 4.77. The molecule has 1 saturated heterocycles. The van der Waals surface area contributed by atoms with Crippen molar-refractivity contribution in [2.75, 3.05) is 19.8 Å². The molecule has 3 N–H and O–H groups in total. The Kier molecular flexibility index (Phi) is 3.23. The number of hydrogen-bond donors (Lipinski definition) is 2. The zero-order valence-electron chi connectivity index (χ0n) is 6.54. The standard InChI is InChI=1S/C7H15FN2O/c8-3-1-6-5-10(9)4-2-7(6)11/h6-7,11H,1-5,9H2. The van der Waals surface area contributed by atoms with Crippen LogP contribution in [-0.4, -0.2) is 36.0 Å². The lowest BCUT2D eigenvalue weighted by atomic mass is 9.93. The maximum Gasteiger partial charge on any atom is 0.0898 e. The Bertz CT molecular complexity index is 123. The molecule has 0 amide bonds. The molecular formula is C7H15FN2O. The number of halogens is 1. The summed E-state index contributed by atoms with van der Waals surface area (Å²) >= 11 is 0. The van der Waals surface area contributed by atoms with E-state index < -0.39 is 0 Å². The Morgan fingerprint density at radius 1 is 1.64 bits per heavy atom. The predicted molar refractivity (Wildman–Crippen MR) is 40.5 cm³/mol. The summed E-state index contributed by atoms with van der Waals surface area (Å²) < 4.78 is 11.9. The van der Waals surface area contributed by atoms with Crippen LogP contribution < -0.4 is 5.84 Å². The fourth-order valence-corrected chi connectivity index (χ4v) is 1.47. The fraction of sp³-hybridized carbons (Fsp3) is 1.00. The summed E-state index contributed by atoms with van der Waals surface area (Å²) in [6, 6.07) is 0. The topological polar surface area (TPSA) is 49.5 Å². The van der Waals surface area contributed by atoms with Crippen LogP contribution in [0, 0.1) is 5.92 Å². The number of hydrogen-bond acceptors (Lipinski definition) is 3. The molecule has 0 spiro atoms. The molecule has 1 aliphatic rings. The SMILES string of the molecule is NN1CCC(O)C(CCF)C1. The lowest BCUT2D eigenvalue weighted by molar-refractivity contribution is 0.0200. The van der Waals surface area contributed by atoms with Crippen molar-refractivity contribution in [2.24, 2.45) is 11.8 Å². The molecule has 0 bridgehead atoms. The van der Waals surface area contributed by atoms with Gasteiger partial charge in [0.15, 0.2) is 0 Å². The van der Waals surface area contributed by atoms with Crippen LogP contribution in [-0.2, 0) is 0 Å². The maximum absolute atomic E-state index is 11.9. The Morgan fingerprint density at radius 3 is 3.00 bits per heavy atom. The normalized spacial score (nSPS) is 34.1. The van der Waals surface area contributed by atoms with Crippen LogP contribution in [0.3, 0.4) is 0 Å². The second-order valence-corrected chi connectivity index (χ2v) is 3.09. The molecule has 2 unspecified atom stereocenters. The minimum atomic E-state index is -0.366. The van der Waals surface area contributed by atoms with Gasteiger partial charge >= 0.3 is 0 Å². The molecule has 0 saturated carbocycles. The zero-order valence-corrected chi connectivity index (χ0v) is 6.54. The monoisotopic (exact) mass is 162 g/mol. The van der Waals surface area contributed by atoms with Gasteiger partial charge in [-0.1, -0.05) is 0 Å². The van der Waals surface area contributed by atoms with Crippen molar-refractivity contribution in [1.29, 1.82) is 0 Å². The molecule has 0 aromatic heterocycles. The molecule has 2 atom stereocenters. The molecule has 1 heterocycles. The largest absolute Gasteiger partial charge is 0.393 e. The number of rotatable bonds is 2. The quantitative estimate of drug-likeness (QED) is 0.557. The molecule has 1 rings (SSSR count). The van der Waals surface area contributed by atoms with Gasteiger partial charge in [0.25, 0.3) is 0 Å². The Morgan fingerprint density at radius 2 is 2.36 bits per heavy atom. The van der Waals surface area contributed by atoms with E-state index in [-0.39, 0.29) is 18.7 Å². The Hall–Kier alpha value is -0.190. The number of alkyl halides is 1. The van der Waals surface area contributed by atoms with E-state index in [1.807, 2.05) is 0 Å². The van der Waals surface area contributed by atoms with Crippen molar-refractivity contribution in [2.45, 2.75) is 18.9 Å². The third-order valence-corrected chi connectivity index (χ3v) is 2.21. The molecule has 0 radical (unpaired) electrons. The molecule has 3 nitrogen and oxygen atoms in total. The van der Waals surface area contributed by atoms with Gasteiger partial charge in [-0.05, 0) is 12.8 Å². The highest BCUT2D eigenvalue weighted by atomic mass is 19.1. The minimum absolute atomic E-state index is 0.0266. The predicted octanol–water partition coefficient (Wildman–Crippen LogP) is -0.0975. The van der Waals surface area contributed by atoms with Crippen LogP contribution in [0.25, 0.3) is 0 Å². The molecule has 1 fully saturated rings. The third-order valence-electron chi connectivity index (χ3n) is 2.21. The molecule has 66 valence electrons. The second kappa shape index (κ2) is 3.99. The summed E-state index contributed by atoms with van der Waals surface area (Å²) in [7, 11) is 0. The Balaban J connectivity index is 2.34. The van der Waals surface area contributed by atoms with Gasteiger partial charge < -0.3 is 5.11 Å². The van der Waals surface area contributed by atoms with E-state index in [9.17, 15) is 9.50 Å². The van der Waals surface area contributed by atoms with Crippen LogP contribution in [0.1, 0.15) is 12.8 Å². The first kappa shape index (κ1) is 8.90. The van der Waals surface area contributed by atoms with Gasteiger partial charge in [0.1, 0.15) is 0 Å². The molecule has 0 aromatic carbocycles. The first-order chi connectivity index (χ1) is 5.24. The van der Waals surface area contributed by atoms with Crippen molar-refractivity contribution in [3.8, 4) is 0 Å².